The Kier molecular flexibility index (Phi) is 1.58. The van der Waals surface area contributed by atoms with Crippen LogP contribution in [-0.2, 0) is 0 Å². The van der Waals surface area contributed by atoms with Gasteiger partial charge in [0.25, 0.3) is 0 Å². The Morgan fingerprint density at radius 3 is 3.00 bits per heavy atom. The zero-order valence-corrected chi connectivity index (χ0v) is 7.94. The average Bonchev–Trinajstić information content (AvgIpc) is 2.39. The highest BCUT2D eigenvalue weighted by Gasteiger charge is 2.05. The second-order valence-electron chi connectivity index (χ2n) is 2.56. The number of fused-ring (bicyclic) bond motifs is 1. The molecule has 0 radical (unpaired) electrons. The summed E-state index contributed by atoms with van der Waals surface area (Å²) < 4.78 is 5.84. The second kappa shape index (κ2) is 2.48. The number of halogens is 1. The van der Waals surface area contributed by atoms with Crippen molar-refractivity contribution in [1.29, 1.82) is 0 Å². The van der Waals surface area contributed by atoms with E-state index in [4.69, 9.17) is 4.42 Å². The fourth-order valence-electron chi connectivity index (χ4n) is 1.13. The number of aryl methyl sites for hydroxylation is 1. The molecule has 12 heavy (non-hydrogen) atoms. The van der Waals surface area contributed by atoms with E-state index in [1.54, 1.807) is 6.07 Å². The van der Waals surface area contributed by atoms with Gasteiger partial charge in [-0.2, -0.15) is 0 Å². The quantitative estimate of drug-likeness (QED) is 0.751. The van der Waals surface area contributed by atoms with Crippen LogP contribution in [0.15, 0.2) is 25.8 Å². The van der Waals surface area contributed by atoms with Crippen LogP contribution < -0.4 is 5.76 Å². The smallest absolute Gasteiger partial charge is 0.408 e. The van der Waals surface area contributed by atoms with E-state index in [1.807, 2.05) is 13.0 Å². The predicted molar refractivity (Wildman–Crippen MR) is 49.3 cm³/mol. The van der Waals surface area contributed by atoms with Gasteiger partial charge in [0.1, 0.15) is 0 Å². The molecule has 2 aromatic rings. The van der Waals surface area contributed by atoms with Crippen molar-refractivity contribution in [2.24, 2.45) is 0 Å². The van der Waals surface area contributed by atoms with Gasteiger partial charge in [-0.3, -0.25) is 4.98 Å². The molecule has 0 bridgehead atoms. The number of H-pyrrole nitrogens is 1. The fourth-order valence-corrected chi connectivity index (χ4v) is 1.46. The van der Waals surface area contributed by atoms with Crippen LogP contribution in [0, 0.1) is 6.92 Å². The number of aromatic nitrogens is 1. The first kappa shape index (κ1) is 7.61. The highest BCUT2D eigenvalue weighted by Crippen LogP contribution is 2.22. The number of rotatable bonds is 0. The molecule has 1 aromatic carbocycles. The van der Waals surface area contributed by atoms with Crippen molar-refractivity contribution in [2.45, 2.75) is 6.92 Å². The zero-order chi connectivity index (χ0) is 8.72. The minimum atomic E-state index is -0.411. The van der Waals surface area contributed by atoms with Crippen molar-refractivity contribution in [3.63, 3.8) is 0 Å². The summed E-state index contributed by atoms with van der Waals surface area (Å²) in [5.41, 5.74) is 2.34. The van der Waals surface area contributed by atoms with E-state index in [-0.39, 0.29) is 0 Å². The summed E-state index contributed by atoms with van der Waals surface area (Å²) in [6.07, 6.45) is 0. The molecule has 0 spiro atoms. The van der Waals surface area contributed by atoms with Gasteiger partial charge >= 0.3 is 5.76 Å². The van der Waals surface area contributed by atoms with Gasteiger partial charge in [-0.1, -0.05) is 15.9 Å². The summed E-state index contributed by atoms with van der Waals surface area (Å²) in [7, 11) is 0. The van der Waals surface area contributed by atoms with Gasteiger partial charge in [-0.05, 0) is 24.6 Å². The second-order valence-corrected chi connectivity index (χ2v) is 3.41. The number of aromatic amines is 1. The molecule has 4 heteroatoms. The Labute approximate surface area is 76.5 Å². The van der Waals surface area contributed by atoms with Gasteiger partial charge in [0.15, 0.2) is 5.58 Å². The van der Waals surface area contributed by atoms with Crippen molar-refractivity contribution < 1.29 is 4.42 Å². The molecule has 1 heterocycles. The van der Waals surface area contributed by atoms with Crippen LogP contribution in [0.3, 0.4) is 0 Å². The monoisotopic (exact) mass is 227 g/mol. The van der Waals surface area contributed by atoms with E-state index >= 15 is 0 Å². The lowest BCUT2D eigenvalue weighted by Gasteiger charge is -1.95. The van der Waals surface area contributed by atoms with Gasteiger partial charge in [-0.25, -0.2) is 4.79 Å². The van der Waals surface area contributed by atoms with Crippen LogP contribution in [0.2, 0.25) is 0 Å². The topological polar surface area (TPSA) is 46.0 Å². The molecule has 0 amide bonds. The Morgan fingerprint density at radius 1 is 1.50 bits per heavy atom. The summed E-state index contributed by atoms with van der Waals surface area (Å²) in [6, 6.07) is 3.61. The van der Waals surface area contributed by atoms with E-state index in [0.717, 1.165) is 15.6 Å². The SMILES string of the molecule is Cc1c(Br)ccc2oc(=O)[nH]c12. The summed E-state index contributed by atoms with van der Waals surface area (Å²) >= 11 is 3.36. The molecule has 0 fully saturated rings. The Bertz CT molecular complexity index is 483. The predicted octanol–water partition coefficient (Wildman–Crippen LogP) is 2.19. The minimum absolute atomic E-state index is 0.411. The summed E-state index contributed by atoms with van der Waals surface area (Å²) in [6.45, 7) is 1.91. The molecule has 0 unspecified atom stereocenters. The highest BCUT2D eigenvalue weighted by atomic mass is 79.9. The van der Waals surface area contributed by atoms with Gasteiger partial charge in [0.2, 0.25) is 0 Å². The fraction of sp³-hybridized carbons (Fsp3) is 0.125. The largest absolute Gasteiger partial charge is 0.417 e. The zero-order valence-electron chi connectivity index (χ0n) is 6.35. The number of hydrogen-bond acceptors (Lipinski definition) is 2. The van der Waals surface area contributed by atoms with Crippen LogP contribution in [0.4, 0.5) is 0 Å². The third-order valence-corrected chi connectivity index (χ3v) is 2.65. The third kappa shape index (κ3) is 0.992. The Hall–Kier alpha value is -1.03. The van der Waals surface area contributed by atoms with Crippen molar-refractivity contribution in [1.82, 2.24) is 4.98 Å². The molecule has 1 aromatic heterocycles. The molecule has 3 nitrogen and oxygen atoms in total. The molecule has 1 N–H and O–H groups in total. The van der Waals surface area contributed by atoms with E-state index in [2.05, 4.69) is 20.9 Å². The van der Waals surface area contributed by atoms with Crippen LogP contribution >= 0.6 is 15.9 Å². The first-order chi connectivity index (χ1) is 5.68. The average molecular weight is 228 g/mol. The first-order valence-corrected chi connectivity index (χ1v) is 4.26. The third-order valence-electron chi connectivity index (χ3n) is 1.79. The lowest BCUT2D eigenvalue weighted by Crippen LogP contribution is -1.93. The van der Waals surface area contributed by atoms with E-state index in [9.17, 15) is 4.79 Å². The molecule has 62 valence electrons. The maximum Gasteiger partial charge on any atom is 0.417 e. The summed E-state index contributed by atoms with van der Waals surface area (Å²) in [4.78, 5) is 13.4. The number of oxazole rings is 1. The normalized spacial score (nSPS) is 10.8. The molecule has 0 saturated heterocycles. The minimum Gasteiger partial charge on any atom is -0.408 e. The van der Waals surface area contributed by atoms with Crippen LogP contribution in [0.25, 0.3) is 11.1 Å². The molecule has 2 rings (SSSR count). The van der Waals surface area contributed by atoms with Gasteiger partial charge in [0, 0.05) is 4.47 Å². The van der Waals surface area contributed by atoms with Crippen LogP contribution in [0.1, 0.15) is 5.56 Å². The standard InChI is InChI=1S/C8H6BrNO2/c1-4-5(9)2-3-6-7(4)10-8(11)12-6/h2-3H,1H3,(H,10,11). The molecule has 0 aliphatic rings. The van der Waals surface area contributed by atoms with Gasteiger partial charge in [0.05, 0.1) is 5.52 Å². The molecule has 0 aliphatic carbocycles. The molecular formula is C8H6BrNO2. The maximum atomic E-state index is 10.8. The molecular weight excluding hydrogens is 222 g/mol. The van der Waals surface area contributed by atoms with Crippen LogP contribution in [0.5, 0.6) is 0 Å². The lowest BCUT2D eigenvalue weighted by molar-refractivity contribution is 0.555. The number of nitrogens with one attached hydrogen (secondary N) is 1. The molecule has 0 atom stereocenters. The van der Waals surface area contributed by atoms with E-state index < -0.39 is 5.76 Å². The van der Waals surface area contributed by atoms with Crippen molar-refractivity contribution in [3.05, 3.63) is 32.7 Å². The Morgan fingerprint density at radius 2 is 2.25 bits per heavy atom. The molecule has 0 aliphatic heterocycles. The lowest BCUT2D eigenvalue weighted by atomic mass is 10.2. The number of hydrogen-bond donors (Lipinski definition) is 1. The van der Waals surface area contributed by atoms with E-state index in [0.29, 0.717) is 5.58 Å². The first-order valence-electron chi connectivity index (χ1n) is 3.46. The highest BCUT2D eigenvalue weighted by molar-refractivity contribution is 9.10. The maximum absolute atomic E-state index is 10.8. The van der Waals surface area contributed by atoms with Crippen molar-refractivity contribution >= 4 is 27.0 Å². The van der Waals surface area contributed by atoms with Crippen molar-refractivity contribution in [3.8, 4) is 0 Å². The van der Waals surface area contributed by atoms with Crippen molar-refractivity contribution in [2.75, 3.05) is 0 Å². The van der Waals surface area contributed by atoms with E-state index in [1.165, 1.54) is 0 Å². The number of benzene rings is 1. The van der Waals surface area contributed by atoms with Crippen LogP contribution in [-0.4, -0.2) is 4.98 Å². The summed E-state index contributed by atoms with van der Waals surface area (Å²) in [5, 5.41) is 0. The van der Waals surface area contributed by atoms with Gasteiger partial charge < -0.3 is 4.42 Å². The van der Waals surface area contributed by atoms with Gasteiger partial charge in [-0.15, -0.1) is 0 Å². The molecule has 0 saturated carbocycles. The Balaban J connectivity index is 2.99. The summed E-state index contributed by atoms with van der Waals surface area (Å²) in [5.74, 6) is -0.411.